The van der Waals surface area contributed by atoms with E-state index in [0.29, 0.717) is 43.7 Å². The van der Waals surface area contributed by atoms with Crippen LogP contribution in [-0.4, -0.2) is 64.7 Å². The minimum Gasteiger partial charge on any atom is -0.485 e. The largest absolute Gasteiger partial charge is 0.485 e. The van der Waals surface area contributed by atoms with E-state index in [1.807, 2.05) is 4.90 Å². The normalized spacial score (nSPS) is 20.5. The summed E-state index contributed by atoms with van der Waals surface area (Å²) in [7, 11) is 0. The topological polar surface area (TPSA) is 80.9 Å². The average molecular weight is 390 g/mol. The zero-order valence-corrected chi connectivity index (χ0v) is 15.6. The number of piperazine rings is 1. The van der Waals surface area contributed by atoms with E-state index in [2.05, 4.69) is 15.0 Å². The van der Waals surface area contributed by atoms with Gasteiger partial charge in [0.2, 0.25) is 11.7 Å². The van der Waals surface area contributed by atoms with Gasteiger partial charge < -0.3 is 18.9 Å². The van der Waals surface area contributed by atoms with Gasteiger partial charge in [0.25, 0.3) is 5.91 Å². The van der Waals surface area contributed by atoms with Crippen LogP contribution in [-0.2, 0) is 22.7 Å². The van der Waals surface area contributed by atoms with Gasteiger partial charge in [-0.25, -0.2) is 4.39 Å². The monoisotopic (exact) mass is 390 g/mol. The van der Waals surface area contributed by atoms with Crippen molar-refractivity contribution < 1.29 is 23.2 Å². The molecule has 1 atom stereocenters. The molecule has 150 valence electrons. The smallest absolute Gasteiger partial charge is 0.251 e. The number of ether oxygens (including phenoxy) is 2. The fourth-order valence-corrected chi connectivity index (χ4v) is 3.39. The van der Waals surface area contributed by atoms with Crippen molar-refractivity contribution in [1.29, 1.82) is 0 Å². The first-order valence-electron chi connectivity index (χ1n) is 9.50. The molecule has 0 radical (unpaired) electrons. The number of amides is 1. The Morgan fingerprint density at radius 3 is 2.71 bits per heavy atom. The zero-order chi connectivity index (χ0) is 19.3. The molecule has 4 rings (SSSR count). The van der Waals surface area contributed by atoms with E-state index < -0.39 is 0 Å². The first-order valence-corrected chi connectivity index (χ1v) is 9.50. The van der Waals surface area contributed by atoms with Crippen LogP contribution in [0.1, 0.15) is 24.6 Å². The van der Waals surface area contributed by atoms with Gasteiger partial charge in [-0.1, -0.05) is 5.16 Å². The maximum absolute atomic E-state index is 12.9. The summed E-state index contributed by atoms with van der Waals surface area (Å²) in [6, 6.07) is 5.77. The third kappa shape index (κ3) is 4.66. The lowest BCUT2D eigenvalue weighted by atomic mass is 10.2. The molecule has 1 amide bonds. The van der Waals surface area contributed by atoms with Gasteiger partial charge in [0.1, 0.15) is 17.7 Å². The van der Waals surface area contributed by atoms with Crippen molar-refractivity contribution >= 4 is 5.91 Å². The summed E-state index contributed by atoms with van der Waals surface area (Å²) in [6.07, 6.45) is 1.52. The molecule has 2 saturated heterocycles. The van der Waals surface area contributed by atoms with Crippen LogP contribution >= 0.6 is 0 Å². The van der Waals surface area contributed by atoms with E-state index in [1.165, 1.54) is 12.1 Å². The van der Waals surface area contributed by atoms with Crippen molar-refractivity contribution in [2.75, 3.05) is 32.8 Å². The summed E-state index contributed by atoms with van der Waals surface area (Å²) in [5.74, 6) is 1.28. The molecule has 2 aromatic rings. The second-order valence-electron chi connectivity index (χ2n) is 6.95. The van der Waals surface area contributed by atoms with Gasteiger partial charge in [-0.15, -0.1) is 0 Å². The molecule has 0 spiro atoms. The molecule has 0 aliphatic carbocycles. The number of carbonyl (C=O) groups excluding carboxylic acids is 1. The van der Waals surface area contributed by atoms with Crippen molar-refractivity contribution in [3.63, 3.8) is 0 Å². The highest BCUT2D eigenvalue weighted by molar-refractivity contribution is 5.81. The van der Waals surface area contributed by atoms with E-state index in [4.69, 9.17) is 14.0 Å². The van der Waals surface area contributed by atoms with Crippen LogP contribution in [0.4, 0.5) is 4.39 Å². The molecule has 0 N–H and O–H groups in total. The van der Waals surface area contributed by atoms with Crippen LogP contribution in [0.25, 0.3) is 0 Å². The van der Waals surface area contributed by atoms with Crippen LogP contribution < -0.4 is 4.74 Å². The molecule has 2 fully saturated rings. The number of nitrogens with zero attached hydrogens (tertiary/aromatic N) is 4. The highest BCUT2D eigenvalue weighted by atomic mass is 19.1. The Balaban J connectivity index is 1.22. The Labute approximate surface area is 162 Å². The number of hydrogen-bond acceptors (Lipinski definition) is 7. The molecule has 1 unspecified atom stereocenters. The Bertz CT molecular complexity index is 783. The fourth-order valence-electron chi connectivity index (χ4n) is 3.39. The van der Waals surface area contributed by atoms with E-state index in [-0.39, 0.29) is 24.4 Å². The summed E-state index contributed by atoms with van der Waals surface area (Å²) < 4.78 is 29.2. The van der Waals surface area contributed by atoms with Crippen LogP contribution in [0.3, 0.4) is 0 Å². The number of rotatable bonds is 6. The number of halogens is 1. The summed E-state index contributed by atoms with van der Waals surface area (Å²) in [5.41, 5.74) is 0. The van der Waals surface area contributed by atoms with E-state index in [0.717, 1.165) is 25.9 Å². The van der Waals surface area contributed by atoms with Crippen LogP contribution in [0.5, 0.6) is 5.75 Å². The van der Waals surface area contributed by atoms with Crippen molar-refractivity contribution in [2.24, 2.45) is 0 Å². The molecule has 2 aliphatic rings. The molecular weight excluding hydrogens is 367 g/mol. The third-order valence-electron chi connectivity index (χ3n) is 4.94. The van der Waals surface area contributed by atoms with Gasteiger partial charge in [0.05, 0.1) is 6.54 Å². The van der Waals surface area contributed by atoms with Gasteiger partial charge in [-0.2, -0.15) is 4.98 Å². The third-order valence-corrected chi connectivity index (χ3v) is 4.94. The summed E-state index contributed by atoms with van der Waals surface area (Å²) in [6.45, 7) is 4.22. The predicted molar refractivity (Wildman–Crippen MR) is 95.9 cm³/mol. The second-order valence-corrected chi connectivity index (χ2v) is 6.95. The van der Waals surface area contributed by atoms with E-state index in [1.54, 1.807) is 12.1 Å². The molecule has 8 nitrogen and oxygen atoms in total. The number of aromatic nitrogens is 2. The first-order chi connectivity index (χ1) is 13.7. The quantitative estimate of drug-likeness (QED) is 0.741. The minimum absolute atomic E-state index is 0.107. The molecule has 1 aromatic heterocycles. The highest BCUT2D eigenvalue weighted by Gasteiger charge is 2.30. The number of benzene rings is 1. The van der Waals surface area contributed by atoms with Crippen molar-refractivity contribution in [3.8, 4) is 5.75 Å². The maximum Gasteiger partial charge on any atom is 0.251 e. The van der Waals surface area contributed by atoms with Crippen LogP contribution in [0.2, 0.25) is 0 Å². The Morgan fingerprint density at radius 1 is 1.21 bits per heavy atom. The Kier molecular flexibility index (Phi) is 5.82. The lowest BCUT2D eigenvalue weighted by Crippen LogP contribution is -2.51. The summed E-state index contributed by atoms with van der Waals surface area (Å²) >= 11 is 0. The molecule has 0 bridgehead atoms. The highest BCUT2D eigenvalue weighted by Crippen LogP contribution is 2.17. The molecule has 0 saturated carbocycles. The van der Waals surface area contributed by atoms with Crippen molar-refractivity contribution in [2.45, 2.75) is 32.1 Å². The van der Waals surface area contributed by atoms with E-state index in [9.17, 15) is 9.18 Å². The Morgan fingerprint density at radius 2 is 2.00 bits per heavy atom. The van der Waals surface area contributed by atoms with Crippen LogP contribution in [0.15, 0.2) is 28.8 Å². The molecular formula is C19H23FN4O4. The maximum atomic E-state index is 12.9. The van der Waals surface area contributed by atoms with Crippen LogP contribution in [0, 0.1) is 5.82 Å². The molecule has 9 heteroatoms. The second kappa shape index (κ2) is 8.66. The first kappa shape index (κ1) is 18.8. The lowest BCUT2D eigenvalue weighted by molar-refractivity contribution is -0.142. The molecule has 2 aliphatic heterocycles. The fraction of sp³-hybridized carbons (Fsp3) is 0.526. The van der Waals surface area contributed by atoms with Gasteiger partial charge in [0.15, 0.2) is 6.61 Å². The summed E-state index contributed by atoms with van der Waals surface area (Å²) in [5, 5.41) is 3.92. The Hall–Kier alpha value is -2.52. The SMILES string of the molecule is O=C(C1CCCO1)N1CCN(Cc2nc(COc3ccc(F)cc3)no2)CC1. The van der Waals surface area contributed by atoms with Gasteiger partial charge in [-0.05, 0) is 37.1 Å². The zero-order valence-electron chi connectivity index (χ0n) is 15.6. The van der Waals surface area contributed by atoms with E-state index >= 15 is 0 Å². The molecule has 3 heterocycles. The molecule has 1 aromatic carbocycles. The summed E-state index contributed by atoms with van der Waals surface area (Å²) in [4.78, 5) is 20.8. The average Bonchev–Trinajstić information content (AvgIpc) is 3.40. The predicted octanol–water partition coefficient (Wildman–Crippen LogP) is 1.61. The number of carbonyl (C=O) groups is 1. The van der Waals surface area contributed by atoms with Crippen molar-refractivity contribution in [1.82, 2.24) is 19.9 Å². The number of hydrogen-bond donors (Lipinski definition) is 0. The molecule has 28 heavy (non-hydrogen) atoms. The van der Waals surface area contributed by atoms with Gasteiger partial charge in [0, 0.05) is 32.8 Å². The lowest BCUT2D eigenvalue weighted by Gasteiger charge is -2.35. The van der Waals surface area contributed by atoms with Gasteiger partial charge >= 0.3 is 0 Å². The van der Waals surface area contributed by atoms with Crippen molar-refractivity contribution in [3.05, 3.63) is 41.8 Å². The standard InChI is InChI=1S/C19H23FN4O4/c20-14-3-5-15(6-4-14)27-13-17-21-18(28-22-17)12-23-7-9-24(10-8-23)19(25)16-2-1-11-26-16/h3-6,16H,1-2,7-13H2. The minimum atomic E-state index is -0.313. The van der Waals surface area contributed by atoms with Gasteiger partial charge in [-0.3, -0.25) is 9.69 Å².